The van der Waals surface area contributed by atoms with Crippen molar-refractivity contribution < 1.29 is 24.2 Å². The van der Waals surface area contributed by atoms with Crippen molar-refractivity contribution in [3.63, 3.8) is 0 Å². The summed E-state index contributed by atoms with van der Waals surface area (Å²) < 4.78 is 9.73. The normalized spacial score (nSPS) is 13.5. The lowest BCUT2D eigenvalue weighted by molar-refractivity contribution is -0.167. The van der Waals surface area contributed by atoms with Gasteiger partial charge in [0.1, 0.15) is 12.4 Å². The van der Waals surface area contributed by atoms with Crippen LogP contribution in [-0.4, -0.2) is 30.8 Å². The molecule has 0 aliphatic heterocycles. The van der Waals surface area contributed by atoms with Gasteiger partial charge in [0, 0.05) is 5.02 Å². The summed E-state index contributed by atoms with van der Waals surface area (Å²) in [7, 11) is 1.13. The maximum atomic E-state index is 11.4. The fourth-order valence-corrected chi connectivity index (χ4v) is 1.32. The third kappa shape index (κ3) is 3.13. The van der Waals surface area contributed by atoms with E-state index in [9.17, 15) is 9.59 Å². The smallest absolute Gasteiger partial charge is 0.326 e. The highest BCUT2D eigenvalue weighted by atomic mass is 35.5. The van der Waals surface area contributed by atoms with Gasteiger partial charge >= 0.3 is 11.9 Å². The zero-order valence-corrected chi connectivity index (χ0v) is 10.7. The minimum atomic E-state index is -1.74. The van der Waals surface area contributed by atoms with Crippen molar-refractivity contribution in [1.82, 2.24) is 0 Å². The second-order valence-electron chi connectivity index (χ2n) is 3.87. The first-order valence-electron chi connectivity index (χ1n) is 5.10. The highest BCUT2D eigenvalue weighted by Gasteiger charge is 2.43. The molecule has 0 bridgehead atoms. The quantitative estimate of drug-likeness (QED) is 0.655. The lowest BCUT2D eigenvalue weighted by atomic mass is 9.92. The molecule has 0 saturated heterocycles. The molecule has 0 aliphatic rings. The number of aliphatic carboxylic acids is 1. The predicted octanol–water partition coefficient (Wildman–Crippen LogP) is 1.98. The summed E-state index contributed by atoms with van der Waals surface area (Å²) in [4.78, 5) is 22.5. The van der Waals surface area contributed by atoms with E-state index in [1.165, 1.54) is 6.92 Å². The van der Waals surface area contributed by atoms with Crippen molar-refractivity contribution in [3.05, 3.63) is 29.3 Å². The Balaban J connectivity index is 2.77. The first-order chi connectivity index (χ1) is 8.40. The standard InChI is InChI=1S/C12H13ClO5/c1-12(10(14)15,11(16)17-2)7-18-9-5-3-8(13)4-6-9/h3-6H,7H2,1-2H3,(H,14,15). The second kappa shape index (κ2) is 5.73. The lowest BCUT2D eigenvalue weighted by Gasteiger charge is -2.21. The zero-order chi connectivity index (χ0) is 13.8. The Hall–Kier alpha value is -1.75. The number of ether oxygens (including phenoxy) is 2. The molecular formula is C12H13ClO5. The lowest BCUT2D eigenvalue weighted by Crippen LogP contribution is -2.42. The van der Waals surface area contributed by atoms with Crippen molar-refractivity contribution in [3.8, 4) is 5.75 Å². The van der Waals surface area contributed by atoms with Gasteiger partial charge in [-0.3, -0.25) is 9.59 Å². The van der Waals surface area contributed by atoms with E-state index in [1.807, 2.05) is 0 Å². The van der Waals surface area contributed by atoms with Gasteiger partial charge in [-0.1, -0.05) is 11.6 Å². The number of halogens is 1. The Kier molecular flexibility index (Phi) is 4.55. The fourth-order valence-electron chi connectivity index (χ4n) is 1.19. The van der Waals surface area contributed by atoms with Gasteiger partial charge in [-0.2, -0.15) is 0 Å². The summed E-state index contributed by atoms with van der Waals surface area (Å²) >= 11 is 5.70. The first kappa shape index (κ1) is 14.3. The molecule has 18 heavy (non-hydrogen) atoms. The summed E-state index contributed by atoms with van der Waals surface area (Å²) in [5.41, 5.74) is -1.74. The van der Waals surface area contributed by atoms with Gasteiger partial charge in [-0.15, -0.1) is 0 Å². The number of carboxylic acid groups (broad SMARTS) is 1. The van der Waals surface area contributed by atoms with Gasteiger partial charge in [0.25, 0.3) is 0 Å². The summed E-state index contributed by atoms with van der Waals surface area (Å²) in [5, 5.41) is 9.59. The van der Waals surface area contributed by atoms with E-state index in [2.05, 4.69) is 4.74 Å². The maximum absolute atomic E-state index is 11.4. The van der Waals surface area contributed by atoms with E-state index in [0.717, 1.165) is 7.11 Å². The summed E-state index contributed by atoms with van der Waals surface area (Å²) in [5.74, 6) is -1.73. The molecule has 0 fully saturated rings. The highest BCUT2D eigenvalue weighted by Crippen LogP contribution is 2.22. The number of carboxylic acids is 1. The van der Waals surface area contributed by atoms with Crippen LogP contribution in [0.1, 0.15) is 6.92 Å². The molecule has 1 atom stereocenters. The topological polar surface area (TPSA) is 72.8 Å². The van der Waals surface area contributed by atoms with Gasteiger partial charge in [-0.05, 0) is 31.2 Å². The molecule has 0 aromatic heterocycles. The highest BCUT2D eigenvalue weighted by molar-refractivity contribution is 6.30. The van der Waals surface area contributed by atoms with E-state index >= 15 is 0 Å². The third-order valence-corrected chi connectivity index (χ3v) is 2.70. The van der Waals surface area contributed by atoms with Crippen LogP contribution in [0.2, 0.25) is 5.02 Å². The van der Waals surface area contributed by atoms with Crippen molar-refractivity contribution in [2.24, 2.45) is 5.41 Å². The molecule has 1 aromatic carbocycles. The molecule has 1 unspecified atom stereocenters. The van der Waals surface area contributed by atoms with Crippen LogP contribution in [-0.2, 0) is 14.3 Å². The van der Waals surface area contributed by atoms with Crippen molar-refractivity contribution >= 4 is 23.5 Å². The third-order valence-electron chi connectivity index (χ3n) is 2.45. The van der Waals surface area contributed by atoms with E-state index in [4.69, 9.17) is 21.4 Å². The van der Waals surface area contributed by atoms with E-state index in [1.54, 1.807) is 24.3 Å². The maximum Gasteiger partial charge on any atom is 0.326 e. The van der Waals surface area contributed by atoms with Crippen molar-refractivity contribution in [1.29, 1.82) is 0 Å². The van der Waals surface area contributed by atoms with E-state index in [0.29, 0.717) is 10.8 Å². The van der Waals surface area contributed by atoms with Crippen LogP contribution >= 0.6 is 11.6 Å². The van der Waals surface area contributed by atoms with Crippen LogP contribution in [0.25, 0.3) is 0 Å². The van der Waals surface area contributed by atoms with Gasteiger partial charge in [0.05, 0.1) is 7.11 Å². The Morgan fingerprint density at radius 2 is 1.89 bits per heavy atom. The summed E-state index contributed by atoms with van der Waals surface area (Å²) in [6.45, 7) is 0.924. The molecule has 1 aromatic rings. The Morgan fingerprint density at radius 3 is 2.33 bits per heavy atom. The average Bonchev–Trinajstić information content (AvgIpc) is 2.36. The fraction of sp³-hybridized carbons (Fsp3) is 0.333. The Labute approximate surface area is 109 Å². The molecule has 0 spiro atoms. The van der Waals surface area contributed by atoms with Crippen LogP contribution < -0.4 is 4.74 Å². The SMILES string of the molecule is COC(=O)C(C)(COc1ccc(Cl)cc1)C(=O)O. The molecule has 0 aliphatic carbocycles. The van der Waals surface area contributed by atoms with Gasteiger partial charge in [-0.25, -0.2) is 0 Å². The van der Waals surface area contributed by atoms with Gasteiger partial charge in [0.15, 0.2) is 5.41 Å². The molecule has 0 radical (unpaired) electrons. The first-order valence-corrected chi connectivity index (χ1v) is 5.48. The van der Waals surface area contributed by atoms with E-state index < -0.39 is 17.4 Å². The number of hydrogen-bond donors (Lipinski definition) is 1. The number of carbonyl (C=O) groups is 2. The molecule has 0 amide bonds. The summed E-state index contributed by atoms with van der Waals surface area (Å²) in [6, 6.07) is 6.38. The number of carbonyl (C=O) groups excluding carboxylic acids is 1. The molecule has 5 nitrogen and oxygen atoms in total. The van der Waals surface area contributed by atoms with Crippen LogP contribution in [0.4, 0.5) is 0 Å². The second-order valence-corrected chi connectivity index (χ2v) is 4.31. The Bertz CT molecular complexity index is 442. The largest absolute Gasteiger partial charge is 0.492 e. The molecule has 1 rings (SSSR count). The summed E-state index contributed by atoms with van der Waals surface area (Å²) in [6.07, 6.45) is 0. The van der Waals surface area contributed by atoms with Crippen molar-refractivity contribution in [2.75, 3.05) is 13.7 Å². The van der Waals surface area contributed by atoms with Crippen LogP contribution in [0.15, 0.2) is 24.3 Å². The van der Waals surface area contributed by atoms with Crippen molar-refractivity contribution in [2.45, 2.75) is 6.92 Å². The van der Waals surface area contributed by atoms with E-state index in [-0.39, 0.29) is 6.61 Å². The minimum absolute atomic E-state index is 0.323. The molecule has 6 heteroatoms. The number of benzene rings is 1. The Morgan fingerprint density at radius 1 is 1.33 bits per heavy atom. The molecular weight excluding hydrogens is 260 g/mol. The monoisotopic (exact) mass is 272 g/mol. The zero-order valence-electron chi connectivity index (χ0n) is 9.97. The molecule has 0 heterocycles. The molecule has 98 valence electrons. The minimum Gasteiger partial charge on any atom is -0.492 e. The van der Waals surface area contributed by atoms with Gasteiger partial charge < -0.3 is 14.6 Å². The van der Waals surface area contributed by atoms with Crippen LogP contribution in [0, 0.1) is 5.41 Å². The predicted molar refractivity (Wildman–Crippen MR) is 64.7 cm³/mol. The van der Waals surface area contributed by atoms with Gasteiger partial charge in [0.2, 0.25) is 0 Å². The molecule has 1 N–H and O–H groups in total. The van der Waals surface area contributed by atoms with Crippen LogP contribution in [0.3, 0.4) is 0 Å². The number of hydrogen-bond acceptors (Lipinski definition) is 4. The average molecular weight is 273 g/mol. The number of methoxy groups -OCH3 is 1. The molecule has 0 saturated carbocycles. The number of rotatable bonds is 5. The number of esters is 1. The van der Waals surface area contributed by atoms with Crippen LogP contribution in [0.5, 0.6) is 5.75 Å².